The van der Waals surface area contributed by atoms with Gasteiger partial charge in [0, 0.05) is 12.1 Å². The van der Waals surface area contributed by atoms with Crippen LogP contribution in [0.2, 0.25) is 0 Å². The highest BCUT2D eigenvalue weighted by molar-refractivity contribution is 7.22. The van der Waals surface area contributed by atoms with Crippen LogP contribution in [0.1, 0.15) is 12.5 Å². The molecule has 2 aromatic carbocycles. The van der Waals surface area contributed by atoms with Crippen molar-refractivity contribution in [3.05, 3.63) is 54.1 Å². The number of hydrogen-bond acceptors (Lipinski definition) is 5. The number of alkyl halides is 2. The fraction of sp³-hybridized carbons (Fsp3) is 0.222. The first kappa shape index (κ1) is 18.1. The number of benzene rings is 2. The smallest absolute Gasteiger partial charge is 0.387 e. The van der Waals surface area contributed by atoms with Crippen molar-refractivity contribution in [1.82, 2.24) is 10.3 Å². The molecule has 0 aliphatic rings. The number of thiazole rings is 1. The first-order valence-electron chi connectivity index (χ1n) is 7.95. The lowest BCUT2D eigenvalue weighted by molar-refractivity contribution is -0.121. The van der Waals surface area contributed by atoms with Gasteiger partial charge in [0.25, 0.3) is 0 Å². The van der Waals surface area contributed by atoms with Crippen LogP contribution in [-0.4, -0.2) is 23.5 Å². The summed E-state index contributed by atoms with van der Waals surface area (Å²) in [7, 11) is 0. The second kappa shape index (κ2) is 8.09. The van der Waals surface area contributed by atoms with Crippen molar-refractivity contribution in [3.63, 3.8) is 0 Å². The second-order valence-corrected chi connectivity index (χ2v) is 6.59. The third-order valence-electron chi connectivity index (χ3n) is 3.67. The molecule has 1 atom stereocenters. The Morgan fingerprint density at radius 2 is 1.92 bits per heavy atom. The summed E-state index contributed by atoms with van der Waals surface area (Å²) in [5, 5.41) is 6.42. The summed E-state index contributed by atoms with van der Waals surface area (Å²) in [5.41, 5.74) is 1.35. The number of carbonyl (C=O) groups is 1. The summed E-state index contributed by atoms with van der Waals surface area (Å²) in [6, 6.07) is 13.5. The van der Waals surface area contributed by atoms with Gasteiger partial charge in [0.05, 0.1) is 10.2 Å². The average molecular weight is 377 g/mol. The fourth-order valence-corrected chi connectivity index (χ4v) is 3.33. The van der Waals surface area contributed by atoms with Crippen molar-refractivity contribution in [3.8, 4) is 5.75 Å². The molecule has 3 aromatic rings. The van der Waals surface area contributed by atoms with Gasteiger partial charge in [-0.05, 0) is 25.1 Å². The molecule has 0 saturated carbocycles. The van der Waals surface area contributed by atoms with Gasteiger partial charge in [0.2, 0.25) is 5.91 Å². The highest BCUT2D eigenvalue weighted by Gasteiger charge is 2.16. The van der Waals surface area contributed by atoms with Crippen molar-refractivity contribution in [2.75, 3.05) is 5.32 Å². The lowest BCUT2D eigenvalue weighted by Crippen LogP contribution is -2.37. The molecule has 136 valence electrons. The Balaban J connectivity index is 1.59. The Morgan fingerprint density at radius 1 is 1.19 bits per heavy atom. The maximum absolute atomic E-state index is 12.4. The van der Waals surface area contributed by atoms with E-state index in [-0.39, 0.29) is 18.2 Å². The Kier molecular flexibility index (Phi) is 5.62. The van der Waals surface area contributed by atoms with Crippen LogP contribution in [0.4, 0.5) is 13.9 Å². The quantitative estimate of drug-likeness (QED) is 0.653. The summed E-state index contributed by atoms with van der Waals surface area (Å²) in [6.07, 6.45) is 0. The van der Waals surface area contributed by atoms with E-state index in [2.05, 4.69) is 20.4 Å². The van der Waals surface area contributed by atoms with Crippen LogP contribution in [-0.2, 0) is 11.3 Å². The van der Waals surface area contributed by atoms with Crippen molar-refractivity contribution >= 4 is 32.6 Å². The number of ether oxygens (including phenoxy) is 1. The van der Waals surface area contributed by atoms with Crippen molar-refractivity contribution in [1.29, 1.82) is 0 Å². The number of hydrogen-bond donors (Lipinski definition) is 2. The van der Waals surface area contributed by atoms with E-state index in [1.807, 2.05) is 24.3 Å². The topological polar surface area (TPSA) is 63.2 Å². The zero-order valence-electron chi connectivity index (χ0n) is 13.9. The van der Waals surface area contributed by atoms with Gasteiger partial charge >= 0.3 is 6.61 Å². The van der Waals surface area contributed by atoms with Crippen LogP contribution in [0.3, 0.4) is 0 Å². The predicted molar refractivity (Wildman–Crippen MR) is 97.6 cm³/mol. The lowest BCUT2D eigenvalue weighted by Gasteiger charge is -2.15. The molecule has 1 unspecified atom stereocenters. The molecule has 0 bridgehead atoms. The minimum atomic E-state index is -2.91. The summed E-state index contributed by atoms with van der Waals surface area (Å²) in [4.78, 5) is 16.7. The van der Waals surface area contributed by atoms with Gasteiger partial charge < -0.3 is 15.4 Å². The summed E-state index contributed by atoms with van der Waals surface area (Å²) >= 11 is 1.46. The van der Waals surface area contributed by atoms with E-state index < -0.39 is 12.7 Å². The van der Waals surface area contributed by atoms with E-state index in [0.29, 0.717) is 10.7 Å². The molecule has 3 rings (SSSR count). The van der Waals surface area contributed by atoms with Gasteiger partial charge in [-0.1, -0.05) is 41.7 Å². The van der Waals surface area contributed by atoms with Crippen molar-refractivity contribution in [2.45, 2.75) is 26.1 Å². The largest absolute Gasteiger partial charge is 0.434 e. The summed E-state index contributed by atoms with van der Waals surface area (Å²) in [6.45, 7) is -1.11. The van der Waals surface area contributed by atoms with Gasteiger partial charge in [-0.15, -0.1) is 0 Å². The number of amides is 1. The SMILES string of the molecule is CC(Nc1nc2ccccc2s1)C(=O)NCc1ccccc1OC(F)F. The van der Waals surface area contributed by atoms with Crippen LogP contribution in [0.25, 0.3) is 10.2 Å². The normalized spacial score (nSPS) is 12.2. The number of nitrogens with one attached hydrogen (secondary N) is 2. The Labute approximate surface area is 153 Å². The van der Waals surface area contributed by atoms with Gasteiger partial charge in [-0.25, -0.2) is 4.98 Å². The molecule has 0 aliphatic heterocycles. The number of para-hydroxylation sites is 2. The van der Waals surface area contributed by atoms with Gasteiger partial charge in [-0.2, -0.15) is 8.78 Å². The number of fused-ring (bicyclic) bond motifs is 1. The minimum Gasteiger partial charge on any atom is -0.434 e. The second-order valence-electron chi connectivity index (χ2n) is 5.56. The van der Waals surface area contributed by atoms with Crippen LogP contribution in [0.5, 0.6) is 5.75 Å². The van der Waals surface area contributed by atoms with Crippen LogP contribution in [0, 0.1) is 0 Å². The molecule has 0 radical (unpaired) electrons. The zero-order valence-corrected chi connectivity index (χ0v) is 14.7. The van der Waals surface area contributed by atoms with E-state index >= 15 is 0 Å². The summed E-state index contributed by atoms with van der Waals surface area (Å²) < 4.78 is 30.4. The maximum atomic E-state index is 12.4. The first-order valence-corrected chi connectivity index (χ1v) is 8.77. The molecule has 0 aliphatic carbocycles. The monoisotopic (exact) mass is 377 g/mol. The molecule has 0 fully saturated rings. The van der Waals surface area contributed by atoms with Gasteiger partial charge in [0.15, 0.2) is 5.13 Å². The zero-order chi connectivity index (χ0) is 18.5. The number of rotatable bonds is 7. The molecule has 26 heavy (non-hydrogen) atoms. The van der Waals surface area contributed by atoms with Crippen LogP contribution >= 0.6 is 11.3 Å². The van der Waals surface area contributed by atoms with Crippen molar-refractivity contribution in [2.24, 2.45) is 0 Å². The molecular formula is C18H17F2N3O2S. The van der Waals surface area contributed by atoms with E-state index in [1.54, 1.807) is 25.1 Å². The molecule has 2 N–H and O–H groups in total. The highest BCUT2D eigenvalue weighted by atomic mass is 32.1. The van der Waals surface area contributed by atoms with E-state index in [0.717, 1.165) is 10.2 Å². The number of anilines is 1. The fourth-order valence-electron chi connectivity index (χ4n) is 2.38. The van der Waals surface area contributed by atoms with Gasteiger partial charge in [-0.3, -0.25) is 4.79 Å². The molecular weight excluding hydrogens is 360 g/mol. The van der Waals surface area contributed by atoms with E-state index in [9.17, 15) is 13.6 Å². The molecule has 5 nitrogen and oxygen atoms in total. The van der Waals surface area contributed by atoms with E-state index in [1.165, 1.54) is 17.4 Å². The molecule has 1 aromatic heterocycles. The molecule has 0 spiro atoms. The van der Waals surface area contributed by atoms with Crippen LogP contribution in [0.15, 0.2) is 48.5 Å². The Hall–Kier alpha value is -2.74. The number of halogens is 2. The third-order valence-corrected chi connectivity index (χ3v) is 4.64. The first-order chi connectivity index (χ1) is 12.5. The van der Waals surface area contributed by atoms with E-state index in [4.69, 9.17) is 0 Å². The number of aromatic nitrogens is 1. The van der Waals surface area contributed by atoms with Crippen molar-refractivity contribution < 1.29 is 18.3 Å². The lowest BCUT2D eigenvalue weighted by atomic mass is 10.2. The predicted octanol–water partition coefficient (Wildman–Crippen LogP) is 4.01. The highest BCUT2D eigenvalue weighted by Crippen LogP contribution is 2.26. The number of carbonyl (C=O) groups excluding carboxylic acids is 1. The van der Waals surface area contributed by atoms with Crippen LogP contribution < -0.4 is 15.4 Å². The molecule has 0 saturated heterocycles. The number of nitrogens with zero attached hydrogens (tertiary/aromatic N) is 1. The molecule has 8 heteroatoms. The Bertz CT molecular complexity index is 868. The van der Waals surface area contributed by atoms with Gasteiger partial charge in [0.1, 0.15) is 11.8 Å². The average Bonchev–Trinajstić information content (AvgIpc) is 3.02. The standard InChI is InChI=1S/C18H17F2N3O2S/c1-11(22-18-23-13-7-3-5-9-15(13)26-18)16(24)21-10-12-6-2-4-8-14(12)25-17(19)20/h2-9,11,17H,10H2,1H3,(H,21,24)(H,22,23). The minimum absolute atomic E-state index is 0.0505. The molecule has 1 amide bonds. The third kappa shape index (κ3) is 4.45. The Morgan fingerprint density at radius 3 is 2.69 bits per heavy atom. The summed E-state index contributed by atoms with van der Waals surface area (Å²) in [5.74, 6) is -0.217. The molecule has 1 heterocycles. The maximum Gasteiger partial charge on any atom is 0.387 e.